The maximum atomic E-state index is 7.34. The molecule has 1 atom stereocenters. The normalized spacial score (nSPS) is 14.5. The van der Waals surface area contributed by atoms with Crippen molar-refractivity contribution in [2.45, 2.75) is 5.41 Å². The Morgan fingerprint density at radius 2 is 0.853 bits per heavy atom. The van der Waals surface area contributed by atoms with Crippen LogP contribution < -0.4 is 9.80 Å². The van der Waals surface area contributed by atoms with E-state index < -0.39 is 5.41 Å². The Labute approximate surface area is 400 Å². The van der Waals surface area contributed by atoms with Crippen molar-refractivity contribution in [3.8, 4) is 22.3 Å². The lowest BCUT2D eigenvalue weighted by molar-refractivity contribution is 0.507. The first-order valence-electron chi connectivity index (χ1n) is 23.2. The Morgan fingerprint density at radius 3 is 1.56 bits per heavy atom. The Kier molecular flexibility index (Phi) is 8.03. The van der Waals surface area contributed by atoms with Crippen LogP contribution in [0.5, 0.6) is 0 Å². The standard InChI is InChI=1S/C63H38N2OS2/c1-3-16-39(17-4-1)64(42-31-34-58-50(37-42)45-21-9-13-28-56(45)67-58)41-30-33-53-49(36-41)44-20-7-11-25-52(44)63(53)61-48(60-47-23-8-12-27-55(47)66-62(60)63)24-15-26-54(61)65(40-18-5-2-6-19-40)43-32-35-59-51(38-43)46-22-10-14-29-57(46)68-59/h1-38H. The second-order valence-corrected chi connectivity index (χ2v) is 20.1. The van der Waals surface area contributed by atoms with E-state index in [4.69, 9.17) is 4.42 Å². The third-order valence-electron chi connectivity index (χ3n) is 14.4. The fourth-order valence-electron chi connectivity index (χ4n) is 11.7. The first kappa shape index (κ1) is 37.9. The van der Waals surface area contributed by atoms with Gasteiger partial charge in [-0.3, -0.25) is 0 Å². The molecule has 3 aromatic heterocycles. The summed E-state index contributed by atoms with van der Waals surface area (Å²) < 4.78 is 12.5. The molecular weight excluding hydrogens is 865 g/mol. The number of furan rings is 1. The Balaban J connectivity index is 1.01. The van der Waals surface area contributed by atoms with Crippen LogP contribution in [0.25, 0.3) is 73.6 Å². The molecule has 68 heavy (non-hydrogen) atoms. The van der Waals surface area contributed by atoms with Crippen LogP contribution in [0.1, 0.15) is 22.5 Å². The van der Waals surface area contributed by atoms with E-state index in [1.807, 2.05) is 22.7 Å². The number of nitrogens with zero attached hydrogens (tertiary/aromatic N) is 2. The fraction of sp³-hybridized carbons (Fsp3) is 0.0159. The lowest BCUT2D eigenvalue weighted by Gasteiger charge is -2.35. The van der Waals surface area contributed by atoms with E-state index in [2.05, 4.69) is 240 Å². The zero-order valence-corrected chi connectivity index (χ0v) is 38.2. The minimum Gasteiger partial charge on any atom is -0.459 e. The van der Waals surface area contributed by atoms with E-state index >= 15 is 0 Å². The number of hydrogen-bond donors (Lipinski definition) is 0. The molecule has 0 amide bonds. The van der Waals surface area contributed by atoms with E-state index in [1.165, 1.54) is 79.3 Å². The zero-order chi connectivity index (χ0) is 44.5. The van der Waals surface area contributed by atoms with Gasteiger partial charge in [-0.1, -0.05) is 133 Å². The Hall–Kier alpha value is -8.22. The van der Waals surface area contributed by atoms with Crippen molar-refractivity contribution >= 4 is 108 Å². The lowest BCUT2D eigenvalue weighted by Crippen LogP contribution is -2.28. The van der Waals surface area contributed by atoms with Gasteiger partial charge < -0.3 is 14.2 Å². The molecule has 0 saturated carbocycles. The fourth-order valence-corrected chi connectivity index (χ4v) is 13.9. The molecule has 3 nitrogen and oxygen atoms in total. The van der Waals surface area contributed by atoms with E-state index in [9.17, 15) is 0 Å². The first-order chi connectivity index (χ1) is 33.7. The van der Waals surface area contributed by atoms with Crippen LogP contribution in [0.2, 0.25) is 0 Å². The summed E-state index contributed by atoms with van der Waals surface area (Å²) in [5.74, 6) is 0.974. The molecule has 5 heteroatoms. The molecular formula is C63H38N2OS2. The highest BCUT2D eigenvalue weighted by Gasteiger charge is 2.56. The van der Waals surface area contributed by atoms with Crippen molar-refractivity contribution < 1.29 is 4.42 Å². The summed E-state index contributed by atoms with van der Waals surface area (Å²) in [6.07, 6.45) is 0. The number of rotatable bonds is 6. The highest BCUT2D eigenvalue weighted by molar-refractivity contribution is 7.26. The SMILES string of the molecule is c1ccc(N(c2ccc3c(c2)-c2ccccc2C32c3oc4ccccc4c3-c3cccc(N(c4ccccc4)c4ccc5sc6ccccc6c5c4)c32)c2ccc3sc4ccccc4c3c2)cc1. The highest BCUT2D eigenvalue weighted by Crippen LogP contribution is 2.67. The van der Waals surface area contributed by atoms with Gasteiger partial charge in [0.25, 0.3) is 0 Å². The predicted molar refractivity (Wildman–Crippen MR) is 288 cm³/mol. The summed E-state index contributed by atoms with van der Waals surface area (Å²) in [5.41, 5.74) is 15.2. The molecule has 1 spiro atoms. The largest absolute Gasteiger partial charge is 0.459 e. The van der Waals surface area contributed by atoms with Crippen molar-refractivity contribution in [1.82, 2.24) is 0 Å². The summed E-state index contributed by atoms with van der Waals surface area (Å²) in [4.78, 5) is 4.90. The zero-order valence-electron chi connectivity index (χ0n) is 36.6. The molecule has 2 aliphatic carbocycles. The second-order valence-electron chi connectivity index (χ2n) is 17.9. The monoisotopic (exact) mass is 902 g/mol. The minimum atomic E-state index is -0.775. The molecule has 15 rings (SSSR count). The maximum Gasteiger partial charge on any atom is 0.135 e. The number of benzene rings is 10. The van der Waals surface area contributed by atoms with E-state index in [1.54, 1.807) is 0 Å². The molecule has 2 aliphatic rings. The minimum absolute atomic E-state index is 0.775. The number of anilines is 6. The van der Waals surface area contributed by atoms with Crippen LogP contribution in [0.3, 0.4) is 0 Å². The van der Waals surface area contributed by atoms with Crippen molar-refractivity contribution in [3.05, 3.63) is 253 Å². The Bertz CT molecular complexity index is 4180. The molecule has 0 radical (unpaired) electrons. The molecule has 0 N–H and O–H groups in total. The smallest absolute Gasteiger partial charge is 0.135 e. The summed E-state index contributed by atoms with van der Waals surface area (Å²) in [6, 6.07) is 84.9. The van der Waals surface area contributed by atoms with Gasteiger partial charge in [-0.05, 0) is 125 Å². The van der Waals surface area contributed by atoms with Gasteiger partial charge in [-0.25, -0.2) is 0 Å². The third-order valence-corrected chi connectivity index (χ3v) is 16.7. The molecule has 13 aromatic rings. The molecule has 0 bridgehead atoms. The van der Waals surface area contributed by atoms with Crippen LogP contribution in [-0.2, 0) is 5.41 Å². The van der Waals surface area contributed by atoms with Gasteiger partial charge >= 0.3 is 0 Å². The predicted octanol–water partition coefficient (Wildman–Crippen LogP) is 18.5. The van der Waals surface area contributed by atoms with Gasteiger partial charge in [0, 0.05) is 85.3 Å². The van der Waals surface area contributed by atoms with Gasteiger partial charge in [0.1, 0.15) is 16.8 Å². The van der Waals surface area contributed by atoms with Crippen LogP contribution >= 0.6 is 22.7 Å². The second kappa shape index (κ2) is 14.4. The number of para-hydroxylation sites is 3. The van der Waals surface area contributed by atoms with E-state index in [0.29, 0.717) is 0 Å². The summed E-state index contributed by atoms with van der Waals surface area (Å²) in [7, 11) is 0. The summed E-state index contributed by atoms with van der Waals surface area (Å²) in [5, 5.41) is 6.24. The first-order valence-corrected chi connectivity index (χ1v) is 24.8. The molecule has 0 fully saturated rings. The van der Waals surface area contributed by atoms with Gasteiger partial charge in [-0.15, -0.1) is 22.7 Å². The highest BCUT2D eigenvalue weighted by atomic mass is 32.1. The molecule has 3 heterocycles. The van der Waals surface area contributed by atoms with Gasteiger partial charge in [0.15, 0.2) is 0 Å². The van der Waals surface area contributed by atoms with Crippen LogP contribution in [0, 0.1) is 0 Å². The number of thiophene rings is 2. The third kappa shape index (κ3) is 5.23. The van der Waals surface area contributed by atoms with Crippen molar-refractivity contribution in [2.24, 2.45) is 0 Å². The maximum absolute atomic E-state index is 7.34. The summed E-state index contributed by atoms with van der Waals surface area (Å²) in [6.45, 7) is 0. The van der Waals surface area contributed by atoms with Crippen LogP contribution in [0.15, 0.2) is 235 Å². The quantitative estimate of drug-likeness (QED) is 0.166. The van der Waals surface area contributed by atoms with E-state index in [-0.39, 0.29) is 0 Å². The van der Waals surface area contributed by atoms with Gasteiger partial charge in [0.05, 0.1) is 5.69 Å². The number of hydrogen-bond acceptors (Lipinski definition) is 5. The average molecular weight is 903 g/mol. The molecule has 0 saturated heterocycles. The number of fused-ring (bicyclic) bond motifs is 18. The van der Waals surface area contributed by atoms with Gasteiger partial charge in [-0.2, -0.15) is 0 Å². The van der Waals surface area contributed by atoms with Crippen LogP contribution in [0.4, 0.5) is 34.1 Å². The van der Waals surface area contributed by atoms with Crippen LogP contribution in [-0.4, -0.2) is 0 Å². The summed E-state index contributed by atoms with van der Waals surface area (Å²) >= 11 is 3.71. The molecule has 1 unspecified atom stereocenters. The average Bonchev–Trinajstić information content (AvgIpc) is 4.20. The molecule has 0 aliphatic heterocycles. The van der Waals surface area contributed by atoms with Crippen molar-refractivity contribution in [3.63, 3.8) is 0 Å². The van der Waals surface area contributed by atoms with Gasteiger partial charge in [0.2, 0.25) is 0 Å². The lowest BCUT2D eigenvalue weighted by atomic mass is 9.72. The molecule has 318 valence electrons. The van der Waals surface area contributed by atoms with E-state index in [0.717, 1.165) is 50.9 Å². The van der Waals surface area contributed by atoms with Crippen molar-refractivity contribution in [2.75, 3.05) is 9.80 Å². The topological polar surface area (TPSA) is 19.6 Å². The Morgan fingerprint density at radius 1 is 0.338 bits per heavy atom. The molecule has 10 aromatic carbocycles. The van der Waals surface area contributed by atoms with Crippen molar-refractivity contribution in [1.29, 1.82) is 0 Å².